The molecule has 2 N–H and O–H groups in total. The molecule has 0 atom stereocenters. The molecule has 0 saturated carbocycles. The molecule has 0 bridgehead atoms. The molecule has 3 aromatic carbocycles. The van der Waals surface area contributed by atoms with E-state index >= 15 is 0 Å². The first-order chi connectivity index (χ1) is 15.7. The zero-order valence-corrected chi connectivity index (χ0v) is 19.5. The van der Waals surface area contributed by atoms with Gasteiger partial charge < -0.3 is 14.6 Å². The van der Waals surface area contributed by atoms with E-state index in [1.165, 1.54) is 5.56 Å². The number of carbonyl (C=O) groups excluding carboxylic acids is 1. The Morgan fingerprint density at radius 1 is 0.970 bits per heavy atom. The van der Waals surface area contributed by atoms with Crippen molar-refractivity contribution in [3.8, 4) is 17.2 Å². The average Bonchev–Trinajstić information content (AvgIpc) is 2.79. The number of phenolic OH excluding ortho intramolecular Hbond substituents is 1. The lowest BCUT2D eigenvalue weighted by Crippen LogP contribution is -2.19. The number of carbonyl (C=O) groups is 1. The Morgan fingerprint density at radius 3 is 2.27 bits per heavy atom. The summed E-state index contributed by atoms with van der Waals surface area (Å²) < 4.78 is 11.4. The van der Waals surface area contributed by atoms with Crippen molar-refractivity contribution in [2.75, 3.05) is 7.11 Å². The quantitative estimate of drug-likeness (QED) is 0.378. The second-order valence-electron chi connectivity index (χ2n) is 8.78. The van der Waals surface area contributed by atoms with Crippen LogP contribution >= 0.6 is 0 Å². The van der Waals surface area contributed by atoms with Crippen molar-refractivity contribution < 1.29 is 19.4 Å². The van der Waals surface area contributed by atoms with E-state index in [-0.39, 0.29) is 23.5 Å². The average molecular weight is 447 g/mol. The molecule has 0 unspecified atom stereocenters. The smallest absolute Gasteiger partial charge is 0.244 e. The molecule has 33 heavy (non-hydrogen) atoms. The number of methoxy groups -OCH3 is 1. The molecule has 0 heterocycles. The number of hydrogen-bond acceptors (Lipinski definition) is 5. The number of benzene rings is 3. The number of hydrogen-bond donors (Lipinski definition) is 2. The first kappa shape index (κ1) is 23.9. The van der Waals surface area contributed by atoms with E-state index < -0.39 is 0 Å². The van der Waals surface area contributed by atoms with Crippen LogP contribution in [-0.4, -0.2) is 24.3 Å². The molecule has 1 amide bonds. The van der Waals surface area contributed by atoms with Crippen LogP contribution < -0.4 is 14.9 Å². The van der Waals surface area contributed by atoms with Crippen molar-refractivity contribution in [3.63, 3.8) is 0 Å². The molecule has 0 saturated heterocycles. The minimum Gasteiger partial charge on any atom is -0.508 e. The number of phenols is 1. The molecule has 6 heteroatoms. The van der Waals surface area contributed by atoms with Gasteiger partial charge in [0.2, 0.25) is 5.91 Å². The summed E-state index contributed by atoms with van der Waals surface area (Å²) in [6.45, 7) is 7.00. The fraction of sp³-hybridized carbons (Fsp3) is 0.259. The van der Waals surface area contributed by atoms with Crippen LogP contribution in [-0.2, 0) is 23.2 Å². The fourth-order valence-corrected chi connectivity index (χ4v) is 3.16. The lowest BCUT2D eigenvalue weighted by atomic mass is 9.87. The number of ether oxygens (including phenoxy) is 2. The summed E-state index contributed by atoms with van der Waals surface area (Å²) in [5, 5.41) is 13.3. The summed E-state index contributed by atoms with van der Waals surface area (Å²) in [5.74, 6) is 1.13. The Morgan fingerprint density at radius 2 is 1.64 bits per heavy atom. The standard InChI is InChI=1S/C27H30N2O4/c1-27(2,3)22-10-5-20(6-11-22)18-33-24-14-9-21(15-25(24)32-4)17-28-29-26(31)16-19-7-12-23(30)13-8-19/h5-15,17,30H,16,18H2,1-4H3,(H,29,31)/b28-17-. The van der Waals surface area contributed by atoms with Crippen molar-refractivity contribution in [1.82, 2.24) is 5.43 Å². The van der Waals surface area contributed by atoms with Gasteiger partial charge in [-0.2, -0.15) is 5.10 Å². The minimum atomic E-state index is -0.249. The van der Waals surface area contributed by atoms with Crippen molar-refractivity contribution in [3.05, 3.63) is 89.0 Å². The van der Waals surface area contributed by atoms with Gasteiger partial charge in [-0.25, -0.2) is 5.43 Å². The lowest BCUT2D eigenvalue weighted by molar-refractivity contribution is -0.120. The molecule has 0 aliphatic carbocycles. The summed E-state index contributed by atoms with van der Waals surface area (Å²) in [6, 6.07) is 20.4. The van der Waals surface area contributed by atoms with Gasteiger partial charge in [-0.3, -0.25) is 4.79 Å². The van der Waals surface area contributed by atoms with Gasteiger partial charge in [0.05, 0.1) is 19.7 Å². The molecular formula is C27H30N2O4. The molecule has 0 aliphatic heterocycles. The van der Waals surface area contributed by atoms with Gasteiger partial charge >= 0.3 is 0 Å². The summed E-state index contributed by atoms with van der Waals surface area (Å²) in [4.78, 5) is 12.0. The Labute approximate surface area is 194 Å². The first-order valence-electron chi connectivity index (χ1n) is 10.7. The van der Waals surface area contributed by atoms with E-state index in [0.29, 0.717) is 18.1 Å². The van der Waals surface area contributed by atoms with Crippen LogP contribution in [0.15, 0.2) is 71.8 Å². The molecule has 3 rings (SSSR count). The molecule has 0 radical (unpaired) electrons. The molecule has 3 aromatic rings. The zero-order valence-electron chi connectivity index (χ0n) is 19.5. The Hall–Kier alpha value is -3.80. The molecule has 0 aromatic heterocycles. The third kappa shape index (κ3) is 7.10. The number of hydrazone groups is 1. The minimum absolute atomic E-state index is 0.116. The normalized spacial score (nSPS) is 11.4. The number of nitrogens with one attached hydrogen (secondary N) is 1. The largest absolute Gasteiger partial charge is 0.508 e. The molecule has 0 spiro atoms. The first-order valence-corrected chi connectivity index (χ1v) is 10.7. The van der Waals surface area contributed by atoms with Crippen LogP contribution in [0.3, 0.4) is 0 Å². The maximum Gasteiger partial charge on any atom is 0.244 e. The maximum absolute atomic E-state index is 12.0. The molecule has 0 fully saturated rings. The van der Waals surface area contributed by atoms with Crippen molar-refractivity contribution in [2.24, 2.45) is 5.10 Å². The second-order valence-corrected chi connectivity index (χ2v) is 8.78. The van der Waals surface area contributed by atoms with Crippen molar-refractivity contribution >= 4 is 12.1 Å². The number of nitrogens with zero attached hydrogens (tertiary/aromatic N) is 1. The summed E-state index contributed by atoms with van der Waals surface area (Å²) in [6.07, 6.45) is 1.72. The maximum atomic E-state index is 12.0. The SMILES string of the molecule is COc1cc(/C=N\NC(=O)Cc2ccc(O)cc2)ccc1OCc1ccc(C(C)(C)C)cc1. The van der Waals surface area contributed by atoms with Gasteiger partial charge in [0.25, 0.3) is 0 Å². The molecule has 172 valence electrons. The van der Waals surface area contributed by atoms with Gasteiger partial charge in [0.15, 0.2) is 11.5 Å². The number of rotatable bonds is 8. The summed E-state index contributed by atoms with van der Waals surface area (Å²) >= 11 is 0. The van der Waals surface area contributed by atoms with Crippen LogP contribution in [0, 0.1) is 0 Å². The van der Waals surface area contributed by atoms with Crippen LogP contribution in [0.1, 0.15) is 43.0 Å². The number of amides is 1. The third-order valence-corrected chi connectivity index (χ3v) is 5.11. The fourth-order valence-electron chi connectivity index (χ4n) is 3.16. The molecule has 6 nitrogen and oxygen atoms in total. The van der Waals surface area contributed by atoms with Gasteiger partial charge in [-0.15, -0.1) is 0 Å². The van der Waals surface area contributed by atoms with E-state index in [0.717, 1.165) is 16.7 Å². The Bertz CT molecular complexity index is 1100. The van der Waals surface area contributed by atoms with E-state index in [4.69, 9.17) is 9.47 Å². The highest BCUT2D eigenvalue weighted by Crippen LogP contribution is 2.29. The zero-order chi connectivity index (χ0) is 23.8. The van der Waals surface area contributed by atoms with E-state index in [2.05, 4.69) is 55.6 Å². The lowest BCUT2D eigenvalue weighted by Gasteiger charge is -2.19. The highest BCUT2D eigenvalue weighted by atomic mass is 16.5. The topological polar surface area (TPSA) is 80.2 Å². The van der Waals surface area contributed by atoms with Crippen LogP contribution in [0.25, 0.3) is 0 Å². The van der Waals surface area contributed by atoms with Crippen LogP contribution in [0.4, 0.5) is 0 Å². The number of aromatic hydroxyl groups is 1. The van der Waals surface area contributed by atoms with E-state index in [1.807, 2.05) is 12.1 Å². The summed E-state index contributed by atoms with van der Waals surface area (Å²) in [5.41, 5.74) is 6.53. The van der Waals surface area contributed by atoms with Gasteiger partial charge in [0, 0.05) is 0 Å². The van der Waals surface area contributed by atoms with Crippen molar-refractivity contribution in [2.45, 2.75) is 39.2 Å². The van der Waals surface area contributed by atoms with E-state index in [9.17, 15) is 9.90 Å². The monoisotopic (exact) mass is 446 g/mol. The van der Waals surface area contributed by atoms with Gasteiger partial charge in [0.1, 0.15) is 12.4 Å². The highest BCUT2D eigenvalue weighted by Gasteiger charge is 2.13. The predicted molar refractivity (Wildman–Crippen MR) is 130 cm³/mol. The van der Waals surface area contributed by atoms with Crippen LogP contribution in [0.5, 0.6) is 17.2 Å². The second kappa shape index (κ2) is 10.7. The van der Waals surface area contributed by atoms with E-state index in [1.54, 1.807) is 43.7 Å². The third-order valence-electron chi connectivity index (χ3n) is 5.11. The molecular weight excluding hydrogens is 416 g/mol. The Balaban J connectivity index is 1.56. The van der Waals surface area contributed by atoms with Crippen molar-refractivity contribution in [1.29, 1.82) is 0 Å². The van der Waals surface area contributed by atoms with Crippen LogP contribution in [0.2, 0.25) is 0 Å². The predicted octanol–water partition coefficient (Wildman–Crippen LogP) is 4.97. The summed E-state index contributed by atoms with van der Waals surface area (Å²) in [7, 11) is 1.58. The van der Waals surface area contributed by atoms with Gasteiger partial charge in [-0.1, -0.05) is 57.2 Å². The Kier molecular flexibility index (Phi) is 7.72. The highest BCUT2D eigenvalue weighted by molar-refractivity contribution is 5.84. The molecule has 0 aliphatic rings. The van der Waals surface area contributed by atoms with Gasteiger partial charge in [-0.05, 0) is 58.0 Å².